The first-order chi connectivity index (χ1) is 17.0. The Morgan fingerprint density at radius 2 is 1.74 bits per heavy atom. The zero-order valence-electron chi connectivity index (χ0n) is 20.3. The smallest absolute Gasteiger partial charge is 0.264 e. The summed E-state index contributed by atoms with van der Waals surface area (Å²) in [4.78, 5) is 36.2. The van der Waals surface area contributed by atoms with Crippen molar-refractivity contribution < 1.29 is 9.59 Å². The van der Waals surface area contributed by atoms with Crippen LogP contribution in [0.15, 0.2) is 87.6 Å². The molecule has 0 atom stereocenters. The number of nitrogens with zero attached hydrogens (tertiary/aromatic N) is 3. The molecule has 7 heteroatoms. The zero-order valence-corrected chi connectivity index (χ0v) is 21.1. The van der Waals surface area contributed by atoms with Gasteiger partial charge in [0, 0.05) is 42.0 Å². The third-order valence-corrected chi connectivity index (χ3v) is 7.19. The Bertz CT molecular complexity index is 1240. The predicted octanol–water partition coefficient (Wildman–Crippen LogP) is 4.75. The molecule has 180 valence electrons. The fraction of sp³-hybridized carbons (Fsp3) is 0.250. The Kier molecular flexibility index (Phi) is 8.00. The first-order valence-corrected chi connectivity index (χ1v) is 12.5. The van der Waals surface area contributed by atoms with E-state index < -0.39 is 0 Å². The van der Waals surface area contributed by atoms with Crippen LogP contribution in [0.4, 0.5) is 5.69 Å². The number of hydrogen-bond donors (Lipinski definition) is 1. The van der Waals surface area contributed by atoms with Gasteiger partial charge in [0.05, 0.1) is 11.3 Å². The highest BCUT2D eigenvalue weighted by Crippen LogP contribution is 2.41. The van der Waals surface area contributed by atoms with Gasteiger partial charge in [-0.3, -0.25) is 19.5 Å². The number of amidine groups is 1. The highest BCUT2D eigenvalue weighted by atomic mass is 32.2. The lowest BCUT2D eigenvalue weighted by Gasteiger charge is -2.23. The van der Waals surface area contributed by atoms with Gasteiger partial charge in [-0.05, 0) is 56.3 Å². The number of anilines is 1. The molecule has 0 spiro atoms. The van der Waals surface area contributed by atoms with Crippen molar-refractivity contribution in [2.75, 3.05) is 38.6 Å². The maximum Gasteiger partial charge on any atom is 0.264 e. The number of benzene rings is 3. The minimum atomic E-state index is -0.158. The van der Waals surface area contributed by atoms with Crippen LogP contribution in [0.2, 0.25) is 0 Å². The van der Waals surface area contributed by atoms with E-state index >= 15 is 0 Å². The number of rotatable bonds is 7. The molecule has 1 aliphatic heterocycles. The molecule has 1 heterocycles. The van der Waals surface area contributed by atoms with Crippen molar-refractivity contribution in [2.45, 2.75) is 23.1 Å². The van der Waals surface area contributed by atoms with Crippen LogP contribution in [0.5, 0.6) is 0 Å². The quantitative estimate of drug-likeness (QED) is 0.387. The molecule has 2 amide bonds. The number of carbonyl (C=O) groups excluding carboxylic acids is 2. The highest BCUT2D eigenvalue weighted by molar-refractivity contribution is 7.99. The van der Waals surface area contributed by atoms with Crippen molar-refractivity contribution in [3.05, 3.63) is 89.5 Å². The maximum atomic E-state index is 13.4. The number of hydrogen-bond acceptors (Lipinski definition) is 5. The molecule has 0 saturated heterocycles. The predicted molar refractivity (Wildman–Crippen MR) is 143 cm³/mol. The molecular formula is C28H30N4O2S. The van der Waals surface area contributed by atoms with E-state index in [1.54, 1.807) is 24.9 Å². The number of amides is 2. The van der Waals surface area contributed by atoms with E-state index in [-0.39, 0.29) is 11.8 Å². The Labute approximate surface area is 211 Å². The van der Waals surface area contributed by atoms with Gasteiger partial charge in [0.1, 0.15) is 5.84 Å². The third-order valence-electron chi connectivity index (χ3n) is 6.05. The Morgan fingerprint density at radius 3 is 2.51 bits per heavy atom. The summed E-state index contributed by atoms with van der Waals surface area (Å²) in [5, 5.41) is 3.02. The van der Waals surface area contributed by atoms with Gasteiger partial charge in [-0.2, -0.15) is 0 Å². The van der Waals surface area contributed by atoms with Crippen LogP contribution in [0.3, 0.4) is 0 Å². The first-order valence-electron chi connectivity index (χ1n) is 11.7. The average molecular weight is 487 g/mol. The van der Waals surface area contributed by atoms with Crippen molar-refractivity contribution in [1.29, 1.82) is 0 Å². The molecule has 0 aromatic heterocycles. The fourth-order valence-corrected chi connectivity index (χ4v) is 5.00. The highest BCUT2D eigenvalue weighted by Gasteiger charge is 2.29. The fourth-order valence-electron chi connectivity index (χ4n) is 3.96. The normalized spacial score (nSPS) is 13.3. The molecule has 0 aliphatic carbocycles. The van der Waals surface area contributed by atoms with Crippen LogP contribution in [-0.4, -0.2) is 56.3 Å². The van der Waals surface area contributed by atoms with E-state index in [4.69, 9.17) is 0 Å². The molecule has 35 heavy (non-hydrogen) atoms. The Balaban J connectivity index is 1.45. The van der Waals surface area contributed by atoms with E-state index in [1.807, 2.05) is 42.5 Å². The van der Waals surface area contributed by atoms with Crippen LogP contribution in [-0.2, 0) is 6.42 Å². The Hall–Kier alpha value is -3.42. The zero-order chi connectivity index (χ0) is 24.8. The Morgan fingerprint density at radius 1 is 1.00 bits per heavy atom. The summed E-state index contributed by atoms with van der Waals surface area (Å²) in [6, 6.07) is 23.4. The largest absolute Gasteiger partial charge is 0.351 e. The number of carbonyl (C=O) groups is 2. The lowest BCUT2D eigenvalue weighted by molar-refractivity contribution is 0.0947. The molecular weight excluding hydrogens is 456 g/mol. The third kappa shape index (κ3) is 5.81. The number of nitrogens with one attached hydrogen (secondary N) is 1. The van der Waals surface area contributed by atoms with Gasteiger partial charge in [0.15, 0.2) is 0 Å². The summed E-state index contributed by atoms with van der Waals surface area (Å²) in [5.74, 6) is 0.271. The van der Waals surface area contributed by atoms with Gasteiger partial charge in [-0.15, -0.1) is 0 Å². The van der Waals surface area contributed by atoms with Gasteiger partial charge in [0.2, 0.25) is 0 Å². The van der Waals surface area contributed by atoms with Crippen LogP contribution in [0, 0.1) is 0 Å². The first kappa shape index (κ1) is 24.7. The summed E-state index contributed by atoms with van der Waals surface area (Å²) in [5.41, 5.74) is 3.12. The van der Waals surface area contributed by atoms with Crippen LogP contribution < -0.4 is 10.2 Å². The minimum Gasteiger partial charge on any atom is -0.351 e. The molecule has 0 radical (unpaired) electrons. The van der Waals surface area contributed by atoms with Crippen molar-refractivity contribution >= 4 is 35.1 Å². The standard InChI is InChI=1S/C28H30N4O2S/c1-20(29-2)32-24-19-22(13-14-26(24)35-25-12-8-7-11-23(25)28(32)34)27(33)30-16-18-31(3)17-15-21-9-5-4-6-10-21/h4-14,19H,15-18H2,1-3H3,(H,30,33). The lowest BCUT2D eigenvalue weighted by atomic mass is 10.1. The van der Waals surface area contributed by atoms with E-state index in [0.29, 0.717) is 29.2 Å². The SMILES string of the molecule is CN=C(C)N1C(=O)c2ccccc2Sc2ccc(C(=O)NCCN(C)CCc3ccccc3)cc21. The van der Waals surface area contributed by atoms with Gasteiger partial charge >= 0.3 is 0 Å². The van der Waals surface area contributed by atoms with Crippen molar-refractivity contribution in [1.82, 2.24) is 10.2 Å². The van der Waals surface area contributed by atoms with E-state index in [9.17, 15) is 9.59 Å². The number of likely N-dealkylation sites (N-methyl/N-ethyl adjacent to an activating group) is 1. The topological polar surface area (TPSA) is 65.0 Å². The molecule has 0 unspecified atom stereocenters. The molecule has 1 N–H and O–H groups in total. The molecule has 3 aromatic carbocycles. The molecule has 6 nitrogen and oxygen atoms in total. The van der Waals surface area contributed by atoms with Gasteiger partial charge < -0.3 is 10.2 Å². The van der Waals surface area contributed by atoms with Gasteiger partial charge in [0.25, 0.3) is 11.8 Å². The van der Waals surface area contributed by atoms with Gasteiger partial charge in [-0.1, -0.05) is 54.2 Å². The van der Waals surface area contributed by atoms with Crippen molar-refractivity contribution in [2.24, 2.45) is 4.99 Å². The molecule has 1 aliphatic rings. The average Bonchev–Trinajstić information content (AvgIpc) is 3.01. The summed E-state index contributed by atoms with van der Waals surface area (Å²) < 4.78 is 0. The number of fused-ring (bicyclic) bond motifs is 2. The van der Waals surface area contributed by atoms with Gasteiger partial charge in [-0.25, -0.2) is 0 Å². The number of aliphatic imine (C=N–C) groups is 1. The molecule has 4 rings (SSSR count). The lowest BCUT2D eigenvalue weighted by Crippen LogP contribution is -2.36. The second-order valence-electron chi connectivity index (χ2n) is 8.49. The van der Waals surface area contributed by atoms with Crippen LogP contribution in [0.1, 0.15) is 33.2 Å². The van der Waals surface area contributed by atoms with Crippen molar-refractivity contribution in [3.63, 3.8) is 0 Å². The molecule has 3 aromatic rings. The van der Waals surface area contributed by atoms with E-state index in [0.717, 1.165) is 29.3 Å². The summed E-state index contributed by atoms with van der Waals surface area (Å²) in [6.07, 6.45) is 0.971. The molecule has 0 bridgehead atoms. The second kappa shape index (κ2) is 11.3. The maximum absolute atomic E-state index is 13.4. The van der Waals surface area contributed by atoms with E-state index in [1.165, 1.54) is 17.3 Å². The molecule has 0 saturated carbocycles. The van der Waals surface area contributed by atoms with Crippen LogP contribution >= 0.6 is 11.8 Å². The van der Waals surface area contributed by atoms with E-state index in [2.05, 4.69) is 46.5 Å². The van der Waals surface area contributed by atoms with Crippen molar-refractivity contribution in [3.8, 4) is 0 Å². The summed E-state index contributed by atoms with van der Waals surface area (Å²) in [7, 11) is 3.72. The minimum absolute atomic E-state index is 0.146. The summed E-state index contributed by atoms with van der Waals surface area (Å²) >= 11 is 1.53. The summed E-state index contributed by atoms with van der Waals surface area (Å²) in [6.45, 7) is 4.02. The second-order valence-corrected chi connectivity index (χ2v) is 9.57. The van der Waals surface area contributed by atoms with Crippen LogP contribution in [0.25, 0.3) is 0 Å². The monoisotopic (exact) mass is 486 g/mol. The molecule has 0 fully saturated rings.